The van der Waals surface area contributed by atoms with E-state index < -0.39 is 10.0 Å². The molecule has 1 aromatic carbocycles. The van der Waals surface area contributed by atoms with Crippen LogP contribution in [-0.2, 0) is 10.0 Å². The van der Waals surface area contributed by atoms with Crippen LogP contribution in [0.2, 0.25) is 8.67 Å². The van der Waals surface area contributed by atoms with E-state index >= 15 is 0 Å². The van der Waals surface area contributed by atoms with Gasteiger partial charge < -0.3 is 4.90 Å². The molecule has 0 unspecified atom stereocenters. The highest BCUT2D eigenvalue weighted by Gasteiger charge is 2.21. The van der Waals surface area contributed by atoms with Crippen LogP contribution in [0, 0.1) is 0 Å². The zero-order valence-electron chi connectivity index (χ0n) is 12.1. The molecule has 0 aliphatic carbocycles. The van der Waals surface area contributed by atoms with Crippen LogP contribution in [0.15, 0.2) is 35.2 Å². The molecule has 0 aliphatic heterocycles. The van der Waals surface area contributed by atoms with E-state index in [4.69, 9.17) is 23.2 Å². The van der Waals surface area contributed by atoms with E-state index in [1.165, 1.54) is 6.07 Å². The fourth-order valence-electron chi connectivity index (χ4n) is 2.05. The third kappa shape index (κ3) is 3.87. The second kappa shape index (κ2) is 7.08. The Bertz CT molecular complexity index is 739. The van der Waals surface area contributed by atoms with Crippen LogP contribution in [0.3, 0.4) is 0 Å². The van der Waals surface area contributed by atoms with Crippen molar-refractivity contribution in [1.82, 2.24) is 0 Å². The van der Waals surface area contributed by atoms with Crippen LogP contribution in [0.5, 0.6) is 0 Å². The number of hydrogen-bond donors (Lipinski definition) is 1. The molecule has 0 atom stereocenters. The third-order valence-electron chi connectivity index (χ3n) is 3.16. The highest BCUT2D eigenvalue weighted by molar-refractivity contribution is 7.93. The second-order valence-electron chi connectivity index (χ2n) is 4.51. The minimum atomic E-state index is -3.74. The van der Waals surface area contributed by atoms with Gasteiger partial charge in [0.2, 0.25) is 0 Å². The van der Waals surface area contributed by atoms with Gasteiger partial charge in [0.1, 0.15) is 9.23 Å². The van der Waals surface area contributed by atoms with Crippen molar-refractivity contribution in [3.8, 4) is 0 Å². The summed E-state index contributed by atoms with van der Waals surface area (Å²) in [7, 11) is -3.74. The Hall–Kier alpha value is -0.950. The molecule has 0 aliphatic rings. The molecular weight excluding hydrogens is 363 g/mol. The number of sulfonamides is 1. The fourth-order valence-corrected chi connectivity index (χ4v) is 5.26. The fraction of sp³-hybridized carbons (Fsp3) is 0.286. The lowest BCUT2D eigenvalue weighted by atomic mass is 10.2. The van der Waals surface area contributed by atoms with Crippen molar-refractivity contribution in [2.24, 2.45) is 0 Å². The number of anilines is 2. The van der Waals surface area contributed by atoms with Crippen molar-refractivity contribution in [3.05, 3.63) is 39.0 Å². The first-order chi connectivity index (χ1) is 10.4. The first kappa shape index (κ1) is 17.4. The van der Waals surface area contributed by atoms with Gasteiger partial charge in [-0.25, -0.2) is 8.42 Å². The van der Waals surface area contributed by atoms with Gasteiger partial charge in [0.05, 0.1) is 4.34 Å². The van der Waals surface area contributed by atoms with Gasteiger partial charge in [0.25, 0.3) is 10.0 Å². The molecule has 0 saturated carbocycles. The lowest BCUT2D eigenvalue weighted by molar-refractivity contribution is 0.601. The van der Waals surface area contributed by atoms with Crippen molar-refractivity contribution in [1.29, 1.82) is 0 Å². The van der Waals surface area contributed by atoms with Gasteiger partial charge in [-0.1, -0.05) is 23.2 Å². The van der Waals surface area contributed by atoms with Crippen LogP contribution < -0.4 is 9.62 Å². The molecule has 4 nitrogen and oxygen atoms in total. The Morgan fingerprint density at radius 2 is 1.73 bits per heavy atom. The van der Waals surface area contributed by atoms with Crippen LogP contribution in [-0.4, -0.2) is 21.5 Å². The second-order valence-corrected chi connectivity index (χ2v) is 8.45. The topological polar surface area (TPSA) is 49.4 Å². The lowest BCUT2D eigenvalue weighted by Gasteiger charge is -2.21. The Balaban J connectivity index is 2.22. The Kier molecular flexibility index (Phi) is 5.60. The number of nitrogens with zero attached hydrogens (tertiary/aromatic N) is 1. The maximum Gasteiger partial charge on any atom is 0.264 e. The smallest absolute Gasteiger partial charge is 0.264 e. The first-order valence-electron chi connectivity index (χ1n) is 6.70. The van der Waals surface area contributed by atoms with E-state index in [0.717, 1.165) is 30.1 Å². The third-order valence-corrected chi connectivity index (χ3v) is 6.30. The Morgan fingerprint density at radius 3 is 2.18 bits per heavy atom. The molecule has 0 saturated heterocycles. The average molecular weight is 379 g/mol. The number of benzene rings is 1. The Labute approximate surface area is 144 Å². The predicted octanol–water partition coefficient (Wildman–Crippen LogP) is 4.70. The molecule has 0 fully saturated rings. The van der Waals surface area contributed by atoms with Gasteiger partial charge in [0.15, 0.2) is 0 Å². The monoisotopic (exact) mass is 378 g/mol. The molecule has 22 heavy (non-hydrogen) atoms. The molecule has 2 aromatic rings. The number of halogens is 2. The van der Waals surface area contributed by atoms with Crippen molar-refractivity contribution in [2.75, 3.05) is 22.7 Å². The molecule has 0 spiro atoms. The van der Waals surface area contributed by atoms with E-state index in [1.54, 1.807) is 12.1 Å². The van der Waals surface area contributed by atoms with Gasteiger partial charge >= 0.3 is 0 Å². The van der Waals surface area contributed by atoms with Crippen LogP contribution in [0.4, 0.5) is 11.4 Å². The van der Waals surface area contributed by atoms with E-state index in [9.17, 15) is 8.42 Å². The maximum absolute atomic E-state index is 12.3. The minimum Gasteiger partial charge on any atom is -0.372 e. The van der Waals surface area contributed by atoms with Gasteiger partial charge in [-0.2, -0.15) is 0 Å². The zero-order chi connectivity index (χ0) is 16.3. The highest BCUT2D eigenvalue weighted by atomic mass is 35.5. The number of rotatable bonds is 6. The Morgan fingerprint density at radius 1 is 1.14 bits per heavy atom. The molecule has 0 amide bonds. The summed E-state index contributed by atoms with van der Waals surface area (Å²) in [6.45, 7) is 5.93. The first-order valence-corrected chi connectivity index (χ1v) is 9.75. The molecule has 120 valence electrons. The molecular formula is C14H16Cl2N2O2S2. The molecule has 1 N–H and O–H groups in total. The minimum absolute atomic E-state index is 0.00279. The van der Waals surface area contributed by atoms with E-state index in [0.29, 0.717) is 10.0 Å². The molecule has 0 bridgehead atoms. The molecule has 1 aromatic heterocycles. The number of hydrogen-bond acceptors (Lipinski definition) is 4. The summed E-state index contributed by atoms with van der Waals surface area (Å²) in [5, 5.41) is 0. The van der Waals surface area contributed by atoms with Crippen molar-refractivity contribution < 1.29 is 8.42 Å². The average Bonchev–Trinajstić information content (AvgIpc) is 2.81. The largest absolute Gasteiger partial charge is 0.372 e. The summed E-state index contributed by atoms with van der Waals surface area (Å²) in [6, 6.07) is 8.57. The number of nitrogens with one attached hydrogen (secondary N) is 1. The summed E-state index contributed by atoms with van der Waals surface area (Å²) in [5.74, 6) is 0. The number of thiophene rings is 1. The van der Waals surface area contributed by atoms with Crippen LogP contribution in [0.1, 0.15) is 13.8 Å². The van der Waals surface area contributed by atoms with E-state index in [-0.39, 0.29) is 9.23 Å². The van der Waals surface area contributed by atoms with Crippen LogP contribution in [0.25, 0.3) is 0 Å². The van der Waals surface area contributed by atoms with E-state index in [1.807, 2.05) is 12.1 Å². The molecule has 1 heterocycles. The molecule has 8 heteroatoms. The summed E-state index contributed by atoms with van der Waals surface area (Å²) in [4.78, 5) is 2.17. The summed E-state index contributed by atoms with van der Waals surface area (Å²) >= 11 is 12.7. The predicted molar refractivity (Wildman–Crippen MR) is 95.2 cm³/mol. The lowest BCUT2D eigenvalue weighted by Crippen LogP contribution is -2.21. The highest BCUT2D eigenvalue weighted by Crippen LogP contribution is 2.35. The van der Waals surface area contributed by atoms with Gasteiger partial charge in [-0.15, -0.1) is 11.3 Å². The van der Waals surface area contributed by atoms with Crippen molar-refractivity contribution >= 4 is 55.9 Å². The standard InChI is InChI=1S/C14H16Cl2N2O2S2/c1-3-18(4-2)11-7-5-10(6-8-11)17-22(19,20)12-9-13(15)21-14(12)16/h5-9,17H,3-4H2,1-2H3. The summed E-state index contributed by atoms with van der Waals surface area (Å²) in [6.07, 6.45) is 0. The maximum atomic E-state index is 12.3. The molecule has 2 rings (SSSR count). The van der Waals surface area contributed by atoms with Gasteiger partial charge in [-0.05, 0) is 44.2 Å². The summed E-state index contributed by atoms with van der Waals surface area (Å²) < 4.78 is 27.6. The van der Waals surface area contributed by atoms with Gasteiger partial charge in [0, 0.05) is 24.5 Å². The van der Waals surface area contributed by atoms with Crippen LogP contribution >= 0.6 is 34.5 Å². The zero-order valence-corrected chi connectivity index (χ0v) is 15.3. The summed E-state index contributed by atoms with van der Waals surface area (Å²) in [5.41, 5.74) is 1.53. The molecule has 0 radical (unpaired) electrons. The van der Waals surface area contributed by atoms with E-state index in [2.05, 4.69) is 23.5 Å². The SMILES string of the molecule is CCN(CC)c1ccc(NS(=O)(=O)c2cc(Cl)sc2Cl)cc1. The normalized spacial score (nSPS) is 11.5. The van der Waals surface area contributed by atoms with Crippen molar-refractivity contribution in [2.45, 2.75) is 18.7 Å². The van der Waals surface area contributed by atoms with Crippen molar-refractivity contribution in [3.63, 3.8) is 0 Å². The van der Waals surface area contributed by atoms with Gasteiger partial charge in [-0.3, -0.25) is 4.72 Å². The quantitative estimate of drug-likeness (QED) is 0.791.